The zero-order chi connectivity index (χ0) is 13.9. The van der Waals surface area contributed by atoms with Crippen LogP contribution in [-0.4, -0.2) is 62.3 Å². The van der Waals surface area contributed by atoms with E-state index in [1.165, 1.54) is 19.3 Å². The summed E-state index contributed by atoms with van der Waals surface area (Å²) >= 11 is 0. The Hall–Kier alpha value is -0.650. The zero-order valence-electron chi connectivity index (χ0n) is 12.4. The van der Waals surface area contributed by atoms with Crippen LogP contribution in [-0.2, 0) is 9.53 Å². The van der Waals surface area contributed by atoms with Crippen LogP contribution in [0.2, 0.25) is 0 Å². The van der Waals surface area contributed by atoms with Crippen molar-refractivity contribution in [1.82, 2.24) is 15.5 Å². The summed E-state index contributed by atoms with van der Waals surface area (Å²) in [6.07, 6.45) is 5.54. The maximum absolute atomic E-state index is 11.6. The molecule has 1 amide bonds. The molecule has 4 unspecified atom stereocenters. The van der Waals surface area contributed by atoms with Gasteiger partial charge in [-0.2, -0.15) is 0 Å². The Morgan fingerprint density at radius 2 is 2.25 bits per heavy atom. The van der Waals surface area contributed by atoms with Gasteiger partial charge >= 0.3 is 0 Å². The minimum absolute atomic E-state index is 0.286. The average molecular weight is 281 g/mol. The lowest BCUT2D eigenvalue weighted by Crippen LogP contribution is -2.55. The molecule has 0 radical (unpaired) electrons. The lowest BCUT2D eigenvalue weighted by Gasteiger charge is -2.37. The molecule has 20 heavy (non-hydrogen) atoms. The lowest BCUT2D eigenvalue weighted by molar-refractivity contribution is -0.132. The van der Waals surface area contributed by atoms with Crippen LogP contribution < -0.4 is 10.6 Å². The van der Waals surface area contributed by atoms with Crippen molar-refractivity contribution >= 4 is 5.91 Å². The number of rotatable bonds is 3. The number of carbonyl (C=O) groups is 1. The number of likely N-dealkylation sites (N-methyl/N-ethyl adjacent to an activating group) is 1. The average Bonchev–Trinajstić information content (AvgIpc) is 2.92. The molecule has 3 fully saturated rings. The van der Waals surface area contributed by atoms with Gasteiger partial charge in [-0.3, -0.25) is 4.79 Å². The number of likely N-dealkylation sites (tertiary alicyclic amines) is 1. The minimum Gasteiger partial charge on any atom is -0.379 e. The van der Waals surface area contributed by atoms with E-state index in [2.05, 4.69) is 10.6 Å². The number of hydrogen-bond acceptors (Lipinski definition) is 4. The Kier molecular flexibility index (Phi) is 4.58. The maximum atomic E-state index is 11.6. The monoisotopic (exact) mass is 281 g/mol. The predicted octanol–water partition coefficient (Wildman–Crippen LogP) is 0.354. The highest BCUT2D eigenvalue weighted by atomic mass is 16.5. The molecule has 0 bridgehead atoms. The molecular formula is C15H27N3O2. The van der Waals surface area contributed by atoms with Crippen LogP contribution in [0.1, 0.15) is 32.1 Å². The third-order valence-corrected chi connectivity index (χ3v) is 5.11. The number of hydrogen-bond donors (Lipinski definition) is 2. The summed E-state index contributed by atoms with van der Waals surface area (Å²) in [7, 11) is 1.92. The van der Waals surface area contributed by atoms with Crippen molar-refractivity contribution in [3.8, 4) is 0 Å². The van der Waals surface area contributed by atoms with Gasteiger partial charge in [0.2, 0.25) is 5.91 Å². The van der Waals surface area contributed by atoms with Crippen LogP contribution in [0.5, 0.6) is 0 Å². The summed E-state index contributed by atoms with van der Waals surface area (Å²) in [4.78, 5) is 13.4. The molecule has 4 atom stereocenters. The number of morpholine rings is 1. The van der Waals surface area contributed by atoms with Crippen molar-refractivity contribution in [2.45, 2.75) is 50.2 Å². The van der Waals surface area contributed by atoms with Gasteiger partial charge in [0, 0.05) is 44.7 Å². The normalized spacial score (nSPS) is 39.2. The van der Waals surface area contributed by atoms with Gasteiger partial charge in [0.25, 0.3) is 0 Å². The van der Waals surface area contributed by atoms with Gasteiger partial charge in [-0.1, -0.05) is 6.42 Å². The lowest BCUT2D eigenvalue weighted by atomic mass is 9.92. The van der Waals surface area contributed by atoms with Gasteiger partial charge in [0.05, 0.1) is 13.2 Å². The number of carbonyl (C=O) groups excluding carboxylic acids is 1. The van der Waals surface area contributed by atoms with E-state index < -0.39 is 0 Å². The van der Waals surface area contributed by atoms with Crippen LogP contribution in [0.15, 0.2) is 0 Å². The summed E-state index contributed by atoms with van der Waals surface area (Å²) in [6, 6.07) is 1.56. The van der Waals surface area contributed by atoms with Crippen LogP contribution in [0.25, 0.3) is 0 Å². The summed E-state index contributed by atoms with van der Waals surface area (Å²) in [5.74, 6) is 0.964. The largest absolute Gasteiger partial charge is 0.379 e. The molecule has 1 aliphatic carbocycles. The summed E-state index contributed by atoms with van der Waals surface area (Å²) in [5.41, 5.74) is 0. The molecule has 5 heteroatoms. The van der Waals surface area contributed by atoms with Gasteiger partial charge < -0.3 is 20.3 Å². The second-order valence-electron chi connectivity index (χ2n) is 6.51. The van der Waals surface area contributed by atoms with Crippen molar-refractivity contribution in [2.75, 3.05) is 33.4 Å². The third-order valence-electron chi connectivity index (χ3n) is 5.11. The fourth-order valence-corrected chi connectivity index (χ4v) is 3.99. The summed E-state index contributed by atoms with van der Waals surface area (Å²) < 4.78 is 5.62. The van der Waals surface area contributed by atoms with Crippen molar-refractivity contribution in [3.05, 3.63) is 0 Å². The number of ether oxygens (including phenoxy) is 1. The highest BCUT2D eigenvalue weighted by molar-refractivity contribution is 5.76. The Bertz CT molecular complexity index is 344. The van der Waals surface area contributed by atoms with Crippen molar-refractivity contribution in [3.63, 3.8) is 0 Å². The summed E-state index contributed by atoms with van der Waals surface area (Å²) in [6.45, 7) is 3.54. The second kappa shape index (κ2) is 6.41. The van der Waals surface area contributed by atoms with Crippen molar-refractivity contribution in [1.29, 1.82) is 0 Å². The topological polar surface area (TPSA) is 53.6 Å². The van der Waals surface area contributed by atoms with E-state index in [0.717, 1.165) is 32.7 Å². The molecule has 1 saturated carbocycles. The standard InChI is InChI=1S/C15H27N3O2/c1-18-9-11(5-6-15(18)19)17-13-4-2-3-12(13)14-10-20-8-7-16-14/h11-14,16-17H,2-10H2,1H3. The molecule has 0 aromatic rings. The molecule has 2 N–H and O–H groups in total. The molecule has 2 aliphatic heterocycles. The quantitative estimate of drug-likeness (QED) is 0.784. The van der Waals surface area contributed by atoms with Crippen LogP contribution >= 0.6 is 0 Å². The molecule has 5 nitrogen and oxygen atoms in total. The fourth-order valence-electron chi connectivity index (χ4n) is 3.99. The first-order valence-corrected chi connectivity index (χ1v) is 8.05. The first kappa shape index (κ1) is 14.3. The van der Waals surface area contributed by atoms with E-state index in [0.29, 0.717) is 30.5 Å². The maximum Gasteiger partial charge on any atom is 0.222 e. The van der Waals surface area contributed by atoms with E-state index in [1.807, 2.05) is 11.9 Å². The van der Waals surface area contributed by atoms with Crippen molar-refractivity contribution < 1.29 is 9.53 Å². The molecule has 0 spiro atoms. The van der Waals surface area contributed by atoms with Gasteiger partial charge in [-0.25, -0.2) is 0 Å². The first-order valence-electron chi connectivity index (χ1n) is 8.05. The number of amides is 1. The zero-order valence-corrected chi connectivity index (χ0v) is 12.4. The Balaban J connectivity index is 1.54. The molecular weight excluding hydrogens is 254 g/mol. The highest BCUT2D eigenvalue weighted by Crippen LogP contribution is 2.30. The Labute approximate surface area is 121 Å². The number of nitrogens with one attached hydrogen (secondary N) is 2. The fraction of sp³-hybridized carbons (Fsp3) is 0.933. The molecule has 2 saturated heterocycles. The van der Waals surface area contributed by atoms with E-state index in [4.69, 9.17) is 4.74 Å². The van der Waals surface area contributed by atoms with E-state index in [-0.39, 0.29) is 5.91 Å². The minimum atomic E-state index is 0.286. The highest BCUT2D eigenvalue weighted by Gasteiger charge is 2.36. The first-order chi connectivity index (χ1) is 9.74. The van der Waals surface area contributed by atoms with Crippen molar-refractivity contribution in [2.24, 2.45) is 5.92 Å². The smallest absolute Gasteiger partial charge is 0.222 e. The van der Waals surface area contributed by atoms with Gasteiger partial charge in [-0.15, -0.1) is 0 Å². The predicted molar refractivity (Wildman–Crippen MR) is 77.5 cm³/mol. The SMILES string of the molecule is CN1CC(NC2CCCC2C2COCCN2)CCC1=O. The molecule has 3 rings (SSSR count). The van der Waals surface area contributed by atoms with Crippen LogP contribution in [0.4, 0.5) is 0 Å². The number of nitrogens with zero attached hydrogens (tertiary/aromatic N) is 1. The van der Waals surface area contributed by atoms with Crippen LogP contribution in [0, 0.1) is 5.92 Å². The van der Waals surface area contributed by atoms with E-state index in [1.54, 1.807) is 0 Å². The van der Waals surface area contributed by atoms with Gasteiger partial charge in [0.15, 0.2) is 0 Å². The molecule has 2 heterocycles. The summed E-state index contributed by atoms with van der Waals surface area (Å²) in [5, 5.41) is 7.44. The molecule has 0 aromatic carbocycles. The third kappa shape index (κ3) is 3.15. The second-order valence-corrected chi connectivity index (χ2v) is 6.51. The van der Waals surface area contributed by atoms with Gasteiger partial charge in [0.1, 0.15) is 0 Å². The molecule has 114 valence electrons. The van der Waals surface area contributed by atoms with E-state index >= 15 is 0 Å². The van der Waals surface area contributed by atoms with Gasteiger partial charge in [-0.05, 0) is 25.2 Å². The Morgan fingerprint density at radius 1 is 1.35 bits per heavy atom. The Morgan fingerprint density at radius 3 is 3.00 bits per heavy atom. The molecule has 3 aliphatic rings. The van der Waals surface area contributed by atoms with Crippen LogP contribution in [0.3, 0.4) is 0 Å². The number of piperidine rings is 1. The molecule has 0 aromatic heterocycles. The van der Waals surface area contributed by atoms with E-state index in [9.17, 15) is 4.79 Å².